The van der Waals surface area contributed by atoms with Gasteiger partial charge in [-0.25, -0.2) is 13.6 Å². The number of sulfonamides is 1. The summed E-state index contributed by atoms with van der Waals surface area (Å²) in [6.07, 6.45) is 1.90. The molecule has 1 aromatic rings. The second-order valence-electron chi connectivity index (χ2n) is 4.23. The fourth-order valence-electron chi connectivity index (χ4n) is 1.66. The molecule has 0 aliphatic rings. The van der Waals surface area contributed by atoms with Gasteiger partial charge in [0, 0.05) is 22.7 Å². The molecule has 1 aromatic carbocycles. The van der Waals surface area contributed by atoms with E-state index in [1.54, 1.807) is 6.07 Å². The van der Waals surface area contributed by atoms with E-state index in [4.69, 9.17) is 10.9 Å². The van der Waals surface area contributed by atoms with Crippen molar-refractivity contribution < 1.29 is 13.5 Å². The first-order valence-corrected chi connectivity index (χ1v) is 8.45. The summed E-state index contributed by atoms with van der Waals surface area (Å²) in [4.78, 5) is -0.0353. The summed E-state index contributed by atoms with van der Waals surface area (Å²) in [6, 6.07) is 4.32. The maximum Gasteiger partial charge on any atom is 0.238 e. The van der Waals surface area contributed by atoms with Crippen molar-refractivity contribution in [2.75, 3.05) is 23.9 Å². The Bertz CT molecular complexity index is 530. The third kappa shape index (κ3) is 4.57. The van der Waals surface area contributed by atoms with Crippen molar-refractivity contribution in [1.29, 1.82) is 0 Å². The molecule has 0 bridgehead atoms. The fourth-order valence-corrected chi connectivity index (χ4v) is 2.88. The molecule has 19 heavy (non-hydrogen) atoms. The minimum absolute atomic E-state index is 0.000589. The maximum absolute atomic E-state index is 11.3. The SMILES string of the molecule is CSC(CO)C(C)Nc1cc(N)cc(S(N)(=O)=O)c1. The molecule has 0 aliphatic carbocycles. The standard InChI is InChI=1S/C11H19N3O3S2/c1-7(11(6-15)18-2)14-9-3-8(12)4-10(5-9)19(13,16)17/h3-5,7,11,14-15H,6,12H2,1-2H3,(H2,13,16,17). The Morgan fingerprint density at radius 3 is 2.53 bits per heavy atom. The Morgan fingerprint density at radius 2 is 2.05 bits per heavy atom. The van der Waals surface area contributed by atoms with Gasteiger partial charge in [0.25, 0.3) is 0 Å². The lowest BCUT2D eigenvalue weighted by Gasteiger charge is -2.22. The zero-order valence-corrected chi connectivity index (χ0v) is 12.5. The van der Waals surface area contributed by atoms with Gasteiger partial charge >= 0.3 is 0 Å². The highest BCUT2D eigenvalue weighted by molar-refractivity contribution is 7.99. The van der Waals surface area contributed by atoms with E-state index in [-0.39, 0.29) is 22.8 Å². The van der Waals surface area contributed by atoms with Gasteiger partial charge in [0.05, 0.1) is 11.5 Å². The number of rotatable bonds is 6. The molecule has 2 unspecified atom stereocenters. The van der Waals surface area contributed by atoms with Gasteiger partial charge in [0.15, 0.2) is 0 Å². The molecule has 0 amide bonds. The zero-order chi connectivity index (χ0) is 14.6. The molecule has 0 saturated heterocycles. The van der Waals surface area contributed by atoms with Crippen molar-refractivity contribution in [3.8, 4) is 0 Å². The second kappa shape index (κ2) is 6.47. The van der Waals surface area contributed by atoms with E-state index in [0.29, 0.717) is 11.4 Å². The molecule has 0 radical (unpaired) electrons. The number of nitrogens with one attached hydrogen (secondary N) is 1. The van der Waals surface area contributed by atoms with Gasteiger partial charge in [-0.1, -0.05) is 0 Å². The summed E-state index contributed by atoms with van der Waals surface area (Å²) >= 11 is 1.52. The summed E-state index contributed by atoms with van der Waals surface area (Å²) in [7, 11) is -3.79. The summed E-state index contributed by atoms with van der Waals surface area (Å²) in [5.41, 5.74) is 6.53. The van der Waals surface area contributed by atoms with Crippen LogP contribution < -0.4 is 16.2 Å². The van der Waals surface area contributed by atoms with Crippen molar-refractivity contribution >= 4 is 33.2 Å². The van der Waals surface area contributed by atoms with E-state index in [2.05, 4.69) is 5.32 Å². The summed E-state index contributed by atoms with van der Waals surface area (Å²) in [5.74, 6) is 0. The van der Waals surface area contributed by atoms with Crippen molar-refractivity contribution in [1.82, 2.24) is 0 Å². The van der Waals surface area contributed by atoms with E-state index in [1.807, 2.05) is 13.2 Å². The lowest BCUT2D eigenvalue weighted by atomic mass is 10.2. The van der Waals surface area contributed by atoms with Crippen LogP contribution in [-0.4, -0.2) is 37.7 Å². The average molecular weight is 305 g/mol. The third-order valence-electron chi connectivity index (χ3n) is 2.69. The van der Waals surface area contributed by atoms with Crippen LogP contribution in [0.2, 0.25) is 0 Å². The molecule has 0 saturated carbocycles. The number of nitrogen functional groups attached to an aromatic ring is 1. The highest BCUT2D eigenvalue weighted by atomic mass is 32.2. The summed E-state index contributed by atoms with van der Waals surface area (Å²) in [5, 5.41) is 17.4. The number of nitrogens with two attached hydrogens (primary N) is 2. The van der Waals surface area contributed by atoms with Gasteiger partial charge < -0.3 is 16.2 Å². The van der Waals surface area contributed by atoms with Gasteiger partial charge in [0.2, 0.25) is 10.0 Å². The number of anilines is 2. The van der Waals surface area contributed by atoms with Crippen LogP contribution in [0.4, 0.5) is 11.4 Å². The van der Waals surface area contributed by atoms with Crippen LogP contribution in [0.3, 0.4) is 0 Å². The Hall–Kier alpha value is -0.960. The predicted molar refractivity (Wildman–Crippen MR) is 79.7 cm³/mol. The van der Waals surface area contributed by atoms with E-state index < -0.39 is 10.0 Å². The highest BCUT2D eigenvalue weighted by Crippen LogP contribution is 2.22. The van der Waals surface area contributed by atoms with Crippen LogP contribution in [-0.2, 0) is 10.0 Å². The molecule has 8 heteroatoms. The molecule has 108 valence electrons. The summed E-state index contributed by atoms with van der Waals surface area (Å²) in [6.45, 7) is 1.93. The first-order chi connectivity index (χ1) is 8.77. The van der Waals surface area contributed by atoms with Gasteiger partial charge in [-0.2, -0.15) is 11.8 Å². The molecular weight excluding hydrogens is 286 g/mol. The quantitative estimate of drug-likeness (QED) is 0.566. The van der Waals surface area contributed by atoms with E-state index in [1.165, 1.54) is 23.9 Å². The van der Waals surface area contributed by atoms with E-state index in [9.17, 15) is 13.5 Å². The molecule has 6 N–H and O–H groups in total. The molecule has 0 spiro atoms. The number of aliphatic hydroxyl groups is 1. The number of benzene rings is 1. The fraction of sp³-hybridized carbons (Fsp3) is 0.455. The Labute approximate surface area is 117 Å². The number of primary sulfonamides is 1. The molecular formula is C11H19N3O3S2. The minimum Gasteiger partial charge on any atom is -0.399 e. The lowest BCUT2D eigenvalue weighted by Crippen LogP contribution is -2.31. The van der Waals surface area contributed by atoms with Crippen molar-refractivity contribution in [2.24, 2.45) is 5.14 Å². The van der Waals surface area contributed by atoms with Crippen LogP contribution in [0.25, 0.3) is 0 Å². The van der Waals surface area contributed by atoms with E-state index in [0.717, 1.165) is 0 Å². The number of hydrogen-bond acceptors (Lipinski definition) is 6. The summed E-state index contributed by atoms with van der Waals surface area (Å²) < 4.78 is 22.6. The van der Waals surface area contributed by atoms with Crippen LogP contribution in [0.15, 0.2) is 23.1 Å². The van der Waals surface area contributed by atoms with Gasteiger partial charge in [-0.15, -0.1) is 0 Å². The van der Waals surface area contributed by atoms with Crippen LogP contribution in [0, 0.1) is 0 Å². The van der Waals surface area contributed by atoms with Gasteiger partial charge in [0.1, 0.15) is 0 Å². The topological polar surface area (TPSA) is 118 Å². The largest absolute Gasteiger partial charge is 0.399 e. The predicted octanol–water partition coefficient (Wildman–Crippen LogP) is 0.441. The van der Waals surface area contributed by atoms with Crippen LogP contribution in [0.1, 0.15) is 6.92 Å². The minimum atomic E-state index is -3.79. The molecule has 1 rings (SSSR count). The van der Waals surface area contributed by atoms with Gasteiger partial charge in [-0.05, 0) is 31.4 Å². The normalized spacial score (nSPS) is 14.9. The monoisotopic (exact) mass is 305 g/mol. The third-order valence-corrected chi connectivity index (χ3v) is 4.75. The first kappa shape index (κ1) is 16.1. The average Bonchev–Trinajstić information content (AvgIpc) is 2.28. The van der Waals surface area contributed by atoms with Crippen LogP contribution >= 0.6 is 11.8 Å². The van der Waals surface area contributed by atoms with Crippen molar-refractivity contribution in [3.63, 3.8) is 0 Å². The Morgan fingerprint density at radius 1 is 1.42 bits per heavy atom. The van der Waals surface area contributed by atoms with Gasteiger partial charge in [-0.3, -0.25) is 0 Å². The lowest BCUT2D eigenvalue weighted by molar-refractivity contribution is 0.288. The Balaban J connectivity index is 2.99. The maximum atomic E-state index is 11.3. The number of hydrogen-bond donors (Lipinski definition) is 4. The van der Waals surface area contributed by atoms with Crippen molar-refractivity contribution in [3.05, 3.63) is 18.2 Å². The number of aliphatic hydroxyl groups excluding tert-OH is 1. The zero-order valence-electron chi connectivity index (χ0n) is 10.8. The molecule has 2 atom stereocenters. The highest BCUT2D eigenvalue weighted by Gasteiger charge is 2.16. The second-order valence-corrected chi connectivity index (χ2v) is 6.86. The molecule has 0 aliphatic heterocycles. The first-order valence-electron chi connectivity index (χ1n) is 5.61. The molecule has 6 nitrogen and oxygen atoms in total. The van der Waals surface area contributed by atoms with Crippen LogP contribution in [0.5, 0.6) is 0 Å². The Kier molecular flexibility index (Phi) is 5.48. The number of thioether (sulfide) groups is 1. The molecule has 0 fully saturated rings. The van der Waals surface area contributed by atoms with Crippen molar-refractivity contribution in [2.45, 2.75) is 23.1 Å². The molecule has 0 aromatic heterocycles. The smallest absolute Gasteiger partial charge is 0.238 e. The van der Waals surface area contributed by atoms with E-state index >= 15 is 0 Å². The molecule has 0 heterocycles.